The summed E-state index contributed by atoms with van der Waals surface area (Å²) in [6, 6.07) is 16.4. The molecule has 0 radical (unpaired) electrons. The molecule has 0 aromatic heterocycles. The molecule has 0 saturated carbocycles. The number of nitrogens with one attached hydrogen (secondary N) is 1. The third kappa shape index (κ3) is 4.09. The van der Waals surface area contributed by atoms with E-state index in [1.807, 2.05) is 37.3 Å². The number of nitrogens with two attached hydrogens (primary N) is 1. The van der Waals surface area contributed by atoms with E-state index in [4.69, 9.17) is 22.2 Å². The van der Waals surface area contributed by atoms with Gasteiger partial charge < -0.3 is 0 Å². The van der Waals surface area contributed by atoms with E-state index in [0.717, 1.165) is 5.56 Å². The standard InChI is InChI=1S/C17H17ClN2O2/c1-2-15(12-6-4-3-5-7-12)17(21)22-20-16(19)13-8-10-14(18)11-9-13/h3-11,15H,2H2,1H3,(H2,19,20)/p+1. The van der Waals surface area contributed by atoms with E-state index < -0.39 is 0 Å². The van der Waals surface area contributed by atoms with E-state index in [1.165, 1.54) is 0 Å². The quantitative estimate of drug-likeness (QED) is 0.382. The first-order valence-corrected chi connectivity index (χ1v) is 7.39. The van der Waals surface area contributed by atoms with Gasteiger partial charge in [-0.25, -0.2) is 4.79 Å². The van der Waals surface area contributed by atoms with Crippen molar-refractivity contribution in [2.75, 3.05) is 0 Å². The second kappa shape index (κ2) is 7.61. The third-order valence-corrected chi connectivity index (χ3v) is 3.56. The molecule has 1 atom stereocenters. The number of carbonyl (C=O) groups excluding carboxylic acids is 1. The number of nitrogen functional groups attached to an aromatic ring is 1. The van der Waals surface area contributed by atoms with Crippen molar-refractivity contribution < 1.29 is 14.8 Å². The van der Waals surface area contributed by atoms with Crippen LogP contribution in [0.15, 0.2) is 54.6 Å². The number of benzene rings is 2. The molecule has 5 heteroatoms. The molecule has 0 aliphatic carbocycles. The lowest BCUT2D eigenvalue weighted by Gasteiger charge is -2.10. The van der Waals surface area contributed by atoms with Gasteiger partial charge in [-0.3, -0.25) is 10.6 Å². The maximum absolute atomic E-state index is 12.2. The summed E-state index contributed by atoms with van der Waals surface area (Å²) in [6.45, 7) is 1.94. The molecule has 2 aromatic carbocycles. The lowest BCUT2D eigenvalue weighted by Crippen LogP contribution is -2.76. The summed E-state index contributed by atoms with van der Waals surface area (Å²) < 4.78 is 0. The van der Waals surface area contributed by atoms with Crippen LogP contribution >= 0.6 is 11.6 Å². The zero-order valence-electron chi connectivity index (χ0n) is 12.3. The molecule has 2 aromatic rings. The molecule has 4 nitrogen and oxygen atoms in total. The van der Waals surface area contributed by atoms with Crippen LogP contribution in [0.1, 0.15) is 30.4 Å². The molecule has 0 amide bonds. The third-order valence-electron chi connectivity index (χ3n) is 3.31. The molecule has 0 saturated heterocycles. The van der Waals surface area contributed by atoms with E-state index in [0.29, 0.717) is 17.0 Å². The summed E-state index contributed by atoms with van der Waals surface area (Å²) >= 11 is 5.82. The van der Waals surface area contributed by atoms with E-state index in [2.05, 4.69) is 5.16 Å². The van der Waals surface area contributed by atoms with Crippen LogP contribution in [0, 0.1) is 0 Å². The van der Waals surface area contributed by atoms with Crippen molar-refractivity contribution in [3.8, 4) is 0 Å². The van der Waals surface area contributed by atoms with E-state index >= 15 is 0 Å². The fourth-order valence-corrected chi connectivity index (χ4v) is 2.21. The average Bonchev–Trinajstić information content (AvgIpc) is 2.55. The highest BCUT2D eigenvalue weighted by Gasteiger charge is 2.21. The van der Waals surface area contributed by atoms with Gasteiger partial charge in [-0.05, 0) is 36.2 Å². The summed E-state index contributed by atoms with van der Waals surface area (Å²) in [5, 5.41) is 3.12. The highest BCUT2D eigenvalue weighted by atomic mass is 35.5. The maximum Gasteiger partial charge on any atom is 0.364 e. The van der Waals surface area contributed by atoms with Crippen LogP contribution in [0.25, 0.3) is 0 Å². The number of carbonyl (C=O) groups is 1. The van der Waals surface area contributed by atoms with E-state index in [9.17, 15) is 4.79 Å². The summed E-state index contributed by atoms with van der Waals surface area (Å²) in [5.41, 5.74) is 7.48. The summed E-state index contributed by atoms with van der Waals surface area (Å²) in [6.07, 6.45) is 0.644. The van der Waals surface area contributed by atoms with Crippen LogP contribution < -0.4 is 10.9 Å². The molecule has 0 aliphatic rings. The largest absolute Gasteiger partial charge is 0.364 e. The molecule has 0 aliphatic heterocycles. The summed E-state index contributed by atoms with van der Waals surface area (Å²) in [7, 11) is 0. The topological polar surface area (TPSA) is 66.3 Å². The lowest BCUT2D eigenvalue weighted by molar-refractivity contribution is -0.724. The Morgan fingerprint density at radius 1 is 1.18 bits per heavy atom. The van der Waals surface area contributed by atoms with Crippen LogP contribution in [0.4, 0.5) is 0 Å². The first kappa shape index (κ1) is 16.0. The van der Waals surface area contributed by atoms with Gasteiger partial charge in [-0.1, -0.05) is 54.0 Å². The minimum atomic E-state index is -0.370. The Bertz CT molecular complexity index is 654. The van der Waals surface area contributed by atoms with Crippen molar-refractivity contribution in [1.29, 1.82) is 0 Å². The fraction of sp³-hybridized carbons (Fsp3) is 0.176. The van der Waals surface area contributed by atoms with Gasteiger partial charge in [0.15, 0.2) is 0 Å². The van der Waals surface area contributed by atoms with Crippen LogP contribution in [-0.2, 0) is 9.63 Å². The van der Waals surface area contributed by atoms with Gasteiger partial charge in [0.25, 0.3) is 0 Å². The van der Waals surface area contributed by atoms with Crippen molar-refractivity contribution in [3.63, 3.8) is 0 Å². The number of rotatable bonds is 5. The molecule has 0 fully saturated rings. The summed E-state index contributed by atoms with van der Waals surface area (Å²) in [5.74, 6) is -0.440. The van der Waals surface area contributed by atoms with Crippen LogP contribution in [0.2, 0.25) is 5.02 Å². The number of amidine groups is 1. The molecule has 22 heavy (non-hydrogen) atoms. The van der Waals surface area contributed by atoms with Crippen LogP contribution in [0.3, 0.4) is 0 Å². The Labute approximate surface area is 134 Å². The Kier molecular flexibility index (Phi) is 5.55. The van der Waals surface area contributed by atoms with Gasteiger partial charge >= 0.3 is 11.8 Å². The van der Waals surface area contributed by atoms with Crippen molar-refractivity contribution in [1.82, 2.24) is 0 Å². The Morgan fingerprint density at radius 2 is 1.82 bits per heavy atom. The molecule has 3 N–H and O–H groups in total. The smallest absolute Gasteiger partial charge is 0.284 e. The molecule has 0 bridgehead atoms. The highest BCUT2D eigenvalue weighted by Crippen LogP contribution is 2.19. The Morgan fingerprint density at radius 3 is 2.41 bits per heavy atom. The van der Waals surface area contributed by atoms with Crippen molar-refractivity contribution >= 4 is 23.4 Å². The average molecular weight is 318 g/mol. The number of hydrogen-bond acceptors (Lipinski definition) is 2. The summed E-state index contributed by atoms with van der Waals surface area (Å²) in [4.78, 5) is 17.3. The Hall–Kier alpha value is -2.33. The molecule has 0 heterocycles. The van der Waals surface area contributed by atoms with E-state index in [1.54, 1.807) is 24.3 Å². The van der Waals surface area contributed by atoms with Crippen molar-refractivity contribution in [3.05, 3.63) is 70.7 Å². The molecular weight excluding hydrogens is 300 g/mol. The second-order valence-electron chi connectivity index (χ2n) is 4.82. The molecule has 114 valence electrons. The zero-order chi connectivity index (χ0) is 15.9. The molecular formula is C17H18ClN2O2+. The van der Waals surface area contributed by atoms with Gasteiger partial charge in [0.1, 0.15) is 0 Å². The molecule has 2 rings (SSSR count). The fourth-order valence-electron chi connectivity index (χ4n) is 2.09. The van der Waals surface area contributed by atoms with Gasteiger partial charge in [0.05, 0.1) is 11.5 Å². The first-order chi connectivity index (χ1) is 10.6. The molecule has 0 spiro atoms. The Balaban J connectivity index is 2.07. The van der Waals surface area contributed by atoms with Crippen LogP contribution in [0.5, 0.6) is 0 Å². The van der Waals surface area contributed by atoms with Crippen molar-refractivity contribution in [2.24, 2.45) is 5.73 Å². The number of hydrogen-bond donors (Lipinski definition) is 2. The van der Waals surface area contributed by atoms with Gasteiger partial charge in [0, 0.05) is 5.02 Å². The minimum Gasteiger partial charge on any atom is -0.284 e. The van der Waals surface area contributed by atoms with Gasteiger partial charge in [-0.2, -0.15) is 0 Å². The monoisotopic (exact) mass is 317 g/mol. The second-order valence-corrected chi connectivity index (χ2v) is 5.25. The predicted molar refractivity (Wildman–Crippen MR) is 86.3 cm³/mol. The van der Waals surface area contributed by atoms with Gasteiger partial charge in [0.2, 0.25) is 0 Å². The SMILES string of the molecule is CCC(C(=O)O[NH+]=C(N)c1ccc(Cl)cc1)c1ccccc1. The van der Waals surface area contributed by atoms with E-state index in [-0.39, 0.29) is 17.7 Å². The minimum absolute atomic E-state index is 0.257. The van der Waals surface area contributed by atoms with Crippen LogP contribution in [-0.4, -0.2) is 11.8 Å². The number of halogens is 1. The molecule has 1 unspecified atom stereocenters. The predicted octanol–water partition coefficient (Wildman–Crippen LogP) is 1.78. The normalized spacial score (nSPS) is 12.7. The van der Waals surface area contributed by atoms with Gasteiger partial charge in [-0.15, -0.1) is 0 Å². The first-order valence-electron chi connectivity index (χ1n) is 7.01. The van der Waals surface area contributed by atoms with Crippen molar-refractivity contribution in [2.45, 2.75) is 19.3 Å². The highest BCUT2D eigenvalue weighted by molar-refractivity contribution is 6.30. The zero-order valence-corrected chi connectivity index (χ0v) is 13.0. The lowest BCUT2D eigenvalue weighted by atomic mass is 9.97. The maximum atomic E-state index is 12.2.